The molecule has 0 saturated heterocycles. The van der Waals surface area contributed by atoms with E-state index in [9.17, 15) is 0 Å². The molecule has 0 radical (unpaired) electrons. The first kappa shape index (κ1) is 36.2. The molecule has 12 aromatic rings. The van der Waals surface area contributed by atoms with Gasteiger partial charge in [-0.3, -0.25) is 0 Å². The molecule has 0 atom stereocenters. The molecule has 290 valence electrons. The highest BCUT2D eigenvalue weighted by Crippen LogP contribution is 2.42. The van der Waals surface area contributed by atoms with Crippen LogP contribution in [-0.4, -0.2) is 19.9 Å². The van der Waals surface area contributed by atoms with Gasteiger partial charge < -0.3 is 0 Å². The van der Waals surface area contributed by atoms with E-state index in [1.165, 1.54) is 26.1 Å². The van der Waals surface area contributed by atoms with Gasteiger partial charge in [-0.25, -0.2) is 19.9 Å². The molecule has 0 bridgehead atoms. The number of fused-ring (bicyclic) bond motifs is 6. The molecule has 0 amide bonds. The standard InChI is InChI=1S/C56H34N4S2/c1-3-13-35(14-4-1)37-25-29-39(30-26-37)49-53-51(45-21-7-9-23-47(45)61-53)60-56(57-49)44-20-12-18-42(34-44)41-17-11-19-43(33-41)50-54-52(46-22-8-10-24-48(46)62-54)59-55(58-50)40-31-27-38(28-32-40)36-15-5-2-6-16-36/h1-34H. The Morgan fingerprint density at radius 2 is 0.629 bits per heavy atom. The highest BCUT2D eigenvalue weighted by molar-refractivity contribution is 7.26. The largest absolute Gasteiger partial charge is 0.226 e. The van der Waals surface area contributed by atoms with E-state index in [1.807, 2.05) is 6.07 Å². The molecular formula is C56H34N4S2. The van der Waals surface area contributed by atoms with E-state index in [4.69, 9.17) is 19.9 Å². The first-order valence-corrected chi connectivity index (χ1v) is 22.2. The molecule has 0 saturated carbocycles. The van der Waals surface area contributed by atoms with Crippen LogP contribution < -0.4 is 0 Å². The lowest BCUT2D eigenvalue weighted by Gasteiger charge is -2.11. The van der Waals surface area contributed by atoms with Gasteiger partial charge in [-0.05, 0) is 57.6 Å². The minimum Gasteiger partial charge on any atom is -0.226 e. The van der Waals surface area contributed by atoms with Gasteiger partial charge in [0.05, 0.1) is 31.8 Å². The van der Waals surface area contributed by atoms with Gasteiger partial charge in [-0.15, -0.1) is 22.7 Å². The average molecular weight is 827 g/mol. The first-order chi connectivity index (χ1) is 30.7. The zero-order chi connectivity index (χ0) is 41.0. The monoisotopic (exact) mass is 826 g/mol. The van der Waals surface area contributed by atoms with Gasteiger partial charge in [0, 0.05) is 42.4 Å². The second kappa shape index (κ2) is 15.1. The maximum absolute atomic E-state index is 5.34. The highest BCUT2D eigenvalue weighted by atomic mass is 32.1. The van der Waals surface area contributed by atoms with Crippen molar-refractivity contribution in [1.29, 1.82) is 0 Å². The predicted octanol–water partition coefficient (Wildman–Crippen LogP) is 15.7. The van der Waals surface area contributed by atoms with Crippen LogP contribution in [0.4, 0.5) is 0 Å². The minimum atomic E-state index is 0.701. The van der Waals surface area contributed by atoms with Crippen molar-refractivity contribution in [2.75, 3.05) is 0 Å². The Morgan fingerprint density at radius 3 is 1.18 bits per heavy atom. The molecule has 12 rings (SSSR count). The third-order valence-electron chi connectivity index (χ3n) is 11.5. The third kappa shape index (κ3) is 6.45. The number of nitrogens with zero attached hydrogens (tertiary/aromatic N) is 4. The fraction of sp³-hybridized carbons (Fsp3) is 0. The summed E-state index contributed by atoms with van der Waals surface area (Å²) in [5, 5.41) is 2.29. The molecule has 4 aromatic heterocycles. The van der Waals surface area contributed by atoms with Crippen LogP contribution in [0.15, 0.2) is 206 Å². The topological polar surface area (TPSA) is 51.6 Å². The van der Waals surface area contributed by atoms with Crippen LogP contribution in [0.5, 0.6) is 0 Å². The smallest absolute Gasteiger partial charge is 0.160 e. The lowest BCUT2D eigenvalue weighted by molar-refractivity contribution is 1.24. The Kier molecular flexibility index (Phi) is 8.84. The van der Waals surface area contributed by atoms with E-state index in [2.05, 4.69) is 200 Å². The molecule has 0 unspecified atom stereocenters. The van der Waals surface area contributed by atoms with Crippen molar-refractivity contribution in [3.8, 4) is 78.7 Å². The van der Waals surface area contributed by atoms with E-state index in [0.29, 0.717) is 11.6 Å². The second-order valence-electron chi connectivity index (χ2n) is 15.4. The van der Waals surface area contributed by atoms with Crippen LogP contribution >= 0.6 is 22.7 Å². The zero-order valence-electron chi connectivity index (χ0n) is 33.2. The summed E-state index contributed by atoms with van der Waals surface area (Å²) < 4.78 is 4.57. The SMILES string of the molecule is c1ccc(-c2ccc(-c3nc(-c4cccc(-c5cccc(-c6nc(-c7ccc(-c8ccccc8)cc7)c7sc8ccccc8c7n6)c5)c4)c4sc5ccccc5c4n3)cc2)cc1. The van der Waals surface area contributed by atoms with Crippen molar-refractivity contribution < 1.29 is 0 Å². The van der Waals surface area contributed by atoms with Gasteiger partial charge in [-0.2, -0.15) is 0 Å². The van der Waals surface area contributed by atoms with E-state index in [0.717, 1.165) is 81.5 Å². The Hall–Kier alpha value is -7.64. The summed E-state index contributed by atoms with van der Waals surface area (Å²) in [6.07, 6.45) is 0. The van der Waals surface area contributed by atoms with E-state index in [1.54, 1.807) is 22.7 Å². The van der Waals surface area contributed by atoms with Gasteiger partial charge in [0.2, 0.25) is 0 Å². The third-order valence-corrected chi connectivity index (χ3v) is 13.9. The van der Waals surface area contributed by atoms with Crippen LogP contribution in [0.2, 0.25) is 0 Å². The van der Waals surface area contributed by atoms with Crippen molar-refractivity contribution in [3.05, 3.63) is 206 Å². The summed E-state index contributed by atoms with van der Waals surface area (Å²) in [5.41, 5.74) is 14.8. The summed E-state index contributed by atoms with van der Waals surface area (Å²) in [6.45, 7) is 0. The maximum Gasteiger partial charge on any atom is 0.160 e. The Labute approximate surface area is 366 Å². The van der Waals surface area contributed by atoms with Gasteiger partial charge >= 0.3 is 0 Å². The molecule has 62 heavy (non-hydrogen) atoms. The highest BCUT2D eigenvalue weighted by Gasteiger charge is 2.19. The molecule has 8 aromatic carbocycles. The van der Waals surface area contributed by atoms with Crippen molar-refractivity contribution >= 4 is 63.3 Å². The summed E-state index contributed by atoms with van der Waals surface area (Å²) in [7, 11) is 0. The van der Waals surface area contributed by atoms with Crippen LogP contribution in [0.3, 0.4) is 0 Å². The number of thiophene rings is 2. The quantitative estimate of drug-likeness (QED) is 0.161. The molecule has 0 spiro atoms. The fourth-order valence-corrected chi connectivity index (χ4v) is 10.7. The molecule has 0 aliphatic heterocycles. The number of hydrogen-bond donors (Lipinski definition) is 0. The van der Waals surface area contributed by atoms with Crippen molar-refractivity contribution in [2.24, 2.45) is 0 Å². The van der Waals surface area contributed by atoms with E-state index < -0.39 is 0 Å². The zero-order valence-corrected chi connectivity index (χ0v) is 34.9. The normalized spacial score (nSPS) is 11.5. The lowest BCUT2D eigenvalue weighted by atomic mass is 9.99. The fourth-order valence-electron chi connectivity index (χ4n) is 8.41. The van der Waals surface area contributed by atoms with Crippen LogP contribution in [0, 0.1) is 0 Å². The summed E-state index contributed by atoms with van der Waals surface area (Å²) in [5.74, 6) is 1.41. The number of hydrogen-bond acceptors (Lipinski definition) is 6. The molecule has 4 nitrogen and oxygen atoms in total. The summed E-state index contributed by atoms with van der Waals surface area (Å²) in [6, 6.07) is 72.6. The van der Waals surface area contributed by atoms with Gasteiger partial charge in [0.15, 0.2) is 11.6 Å². The Morgan fingerprint density at radius 1 is 0.258 bits per heavy atom. The summed E-state index contributed by atoms with van der Waals surface area (Å²) in [4.78, 5) is 21.2. The molecule has 4 heterocycles. The minimum absolute atomic E-state index is 0.701. The molecule has 0 aliphatic carbocycles. The summed E-state index contributed by atoms with van der Waals surface area (Å²) >= 11 is 3.50. The second-order valence-corrected chi connectivity index (χ2v) is 17.5. The van der Waals surface area contributed by atoms with Crippen LogP contribution in [0.1, 0.15) is 0 Å². The molecule has 0 N–H and O–H groups in total. The maximum atomic E-state index is 5.34. The number of rotatable bonds is 7. The van der Waals surface area contributed by atoms with Gasteiger partial charge in [0.25, 0.3) is 0 Å². The van der Waals surface area contributed by atoms with E-state index >= 15 is 0 Å². The van der Waals surface area contributed by atoms with Gasteiger partial charge in [-0.1, -0.05) is 182 Å². The first-order valence-electron chi connectivity index (χ1n) is 20.6. The Balaban J connectivity index is 0.957. The molecule has 6 heteroatoms. The van der Waals surface area contributed by atoms with Gasteiger partial charge in [0.1, 0.15) is 0 Å². The van der Waals surface area contributed by atoms with Crippen LogP contribution in [0.25, 0.3) is 119 Å². The van der Waals surface area contributed by atoms with Crippen molar-refractivity contribution in [1.82, 2.24) is 19.9 Å². The average Bonchev–Trinajstić information content (AvgIpc) is 3.93. The number of benzene rings is 8. The number of aromatic nitrogens is 4. The Bertz CT molecular complexity index is 3610. The molecule has 0 aliphatic rings. The molecular weight excluding hydrogens is 793 g/mol. The lowest BCUT2D eigenvalue weighted by Crippen LogP contribution is -1.95. The van der Waals surface area contributed by atoms with E-state index in [-0.39, 0.29) is 0 Å². The van der Waals surface area contributed by atoms with Crippen molar-refractivity contribution in [2.45, 2.75) is 0 Å². The van der Waals surface area contributed by atoms with Crippen molar-refractivity contribution in [3.63, 3.8) is 0 Å². The van der Waals surface area contributed by atoms with Crippen LogP contribution in [-0.2, 0) is 0 Å². The molecule has 0 fully saturated rings. The predicted molar refractivity (Wildman–Crippen MR) is 261 cm³/mol.